The number of fused-ring (bicyclic) bond motifs is 1. The number of nitrogens with one attached hydrogen (secondary N) is 3. The van der Waals surface area contributed by atoms with Gasteiger partial charge < -0.3 is 10.6 Å². The summed E-state index contributed by atoms with van der Waals surface area (Å²) in [5.41, 5.74) is 2.81. The SMILES string of the molecule is CCNC(=O)C(C)NC1C(=O)Nc2ccc(C)cc21. The van der Waals surface area contributed by atoms with Crippen LogP contribution in [0.4, 0.5) is 5.69 Å². The number of aryl methyl sites for hydroxylation is 1. The monoisotopic (exact) mass is 261 g/mol. The minimum Gasteiger partial charge on any atom is -0.355 e. The average Bonchev–Trinajstić information content (AvgIpc) is 2.66. The smallest absolute Gasteiger partial charge is 0.246 e. The van der Waals surface area contributed by atoms with Crippen LogP contribution >= 0.6 is 0 Å². The van der Waals surface area contributed by atoms with Gasteiger partial charge in [-0.15, -0.1) is 0 Å². The molecule has 0 bridgehead atoms. The first-order chi connectivity index (χ1) is 9.02. The van der Waals surface area contributed by atoms with Gasteiger partial charge >= 0.3 is 0 Å². The second-order valence-corrected chi connectivity index (χ2v) is 4.80. The largest absolute Gasteiger partial charge is 0.355 e. The van der Waals surface area contributed by atoms with E-state index in [0.29, 0.717) is 6.54 Å². The molecule has 102 valence electrons. The highest BCUT2D eigenvalue weighted by atomic mass is 16.2. The van der Waals surface area contributed by atoms with Crippen molar-refractivity contribution in [1.82, 2.24) is 10.6 Å². The Hall–Kier alpha value is -1.88. The Bertz CT molecular complexity index is 513. The fraction of sp³-hybridized carbons (Fsp3) is 0.429. The first-order valence-electron chi connectivity index (χ1n) is 6.48. The lowest BCUT2D eigenvalue weighted by atomic mass is 10.0. The molecular weight excluding hydrogens is 242 g/mol. The van der Waals surface area contributed by atoms with Gasteiger partial charge in [-0.2, -0.15) is 0 Å². The van der Waals surface area contributed by atoms with Gasteiger partial charge in [-0.1, -0.05) is 17.7 Å². The standard InChI is InChI=1S/C14H19N3O2/c1-4-15-13(18)9(3)16-12-10-7-8(2)5-6-11(10)17-14(12)19/h5-7,9,12,16H,4H2,1-3H3,(H,15,18)(H,17,19). The van der Waals surface area contributed by atoms with Crippen molar-refractivity contribution in [1.29, 1.82) is 0 Å². The molecule has 2 atom stereocenters. The lowest BCUT2D eigenvalue weighted by Crippen LogP contribution is -2.45. The van der Waals surface area contributed by atoms with Crippen molar-refractivity contribution >= 4 is 17.5 Å². The molecule has 19 heavy (non-hydrogen) atoms. The number of likely N-dealkylation sites (N-methyl/N-ethyl adjacent to an activating group) is 1. The molecule has 0 saturated carbocycles. The summed E-state index contributed by atoms with van der Waals surface area (Å²) < 4.78 is 0. The minimum atomic E-state index is -0.465. The summed E-state index contributed by atoms with van der Waals surface area (Å²) in [5.74, 6) is -0.215. The zero-order chi connectivity index (χ0) is 14.0. The van der Waals surface area contributed by atoms with E-state index in [1.165, 1.54) is 0 Å². The topological polar surface area (TPSA) is 70.2 Å². The number of carbonyl (C=O) groups excluding carboxylic acids is 2. The van der Waals surface area contributed by atoms with Gasteiger partial charge in [0.25, 0.3) is 0 Å². The van der Waals surface area contributed by atoms with E-state index in [0.717, 1.165) is 16.8 Å². The van der Waals surface area contributed by atoms with E-state index in [1.807, 2.05) is 32.0 Å². The zero-order valence-corrected chi connectivity index (χ0v) is 11.4. The van der Waals surface area contributed by atoms with Crippen molar-refractivity contribution in [3.8, 4) is 0 Å². The van der Waals surface area contributed by atoms with Gasteiger partial charge in [0.15, 0.2) is 0 Å². The van der Waals surface area contributed by atoms with Gasteiger partial charge in [0.1, 0.15) is 6.04 Å². The molecule has 1 aliphatic heterocycles. The molecule has 3 N–H and O–H groups in total. The first kappa shape index (κ1) is 13.5. The van der Waals surface area contributed by atoms with Crippen LogP contribution < -0.4 is 16.0 Å². The number of hydrogen-bond acceptors (Lipinski definition) is 3. The second kappa shape index (κ2) is 5.40. The molecule has 1 aromatic rings. The fourth-order valence-electron chi connectivity index (χ4n) is 2.20. The van der Waals surface area contributed by atoms with Crippen LogP contribution in [0.3, 0.4) is 0 Å². The Morgan fingerprint density at radius 2 is 2.21 bits per heavy atom. The molecule has 1 heterocycles. The van der Waals surface area contributed by atoms with Crippen LogP contribution in [-0.4, -0.2) is 24.4 Å². The number of benzene rings is 1. The van der Waals surface area contributed by atoms with Crippen molar-refractivity contribution in [3.05, 3.63) is 29.3 Å². The lowest BCUT2D eigenvalue weighted by Gasteiger charge is -2.18. The normalized spacial score (nSPS) is 18.7. The summed E-state index contributed by atoms with van der Waals surface area (Å²) >= 11 is 0. The van der Waals surface area contributed by atoms with Crippen LogP contribution in [0.15, 0.2) is 18.2 Å². The molecule has 2 amide bonds. The van der Waals surface area contributed by atoms with Gasteiger partial charge in [-0.25, -0.2) is 0 Å². The maximum atomic E-state index is 12.0. The maximum Gasteiger partial charge on any atom is 0.246 e. The average molecular weight is 261 g/mol. The summed E-state index contributed by atoms with van der Waals surface area (Å²) in [6, 6.07) is 4.93. The molecule has 0 radical (unpaired) electrons. The van der Waals surface area contributed by atoms with Crippen molar-refractivity contribution in [2.45, 2.75) is 32.9 Å². The molecule has 0 fully saturated rings. The summed E-state index contributed by atoms with van der Waals surface area (Å²) in [4.78, 5) is 23.7. The predicted octanol–water partition coefficient (Wildman–Crippen LogP) is 1.10. The molecule has 0 aliphatic carbocycles. The molecule has 1 aromatic carbocycles. The van der Waals surface area contributed by atoms with Crippen molar-refractivity contribution < 1.29 is 9.59 Å². The van der Waals surface area contributed by atoms with E-state index < -0.39 is 12.1 Å². The first-order valence-corrected chi connectivity index (χ1v) is 6.48. The molecule has 2 unspecified atom stereocenters. The third-order valence-corrected chi connectivity index (χ3v) is 3.20. The number of hydrogen-bond donors (Lipinski definition) is 3. The second-order valence-electron chi connectivity index (χ2n) is 4.80. The van der Waals surface area contributed by atoms with Crippen LogP contribution in [0, 0.1) is 6.92 Å². The minimum absolute atomic E-state index is 0.101. The molecule has 0 spiro atoms. The van der Waals surface area contributed by atoms with Crippen molar-refractivity contribution in [2.75, 3.05) is 11.9 Å². The number of carbonyl (C=O) groups is 2. The molecule has 0 aromatic heterocycles. The van der Waals surface area contributed by atoms with E-state index in [2.05, 4.69) is 16.0 Å². The van der Waals surface area contributed by atoms with Crippen LogP contribution in [0.5, 0.6) is 0 Å². The zero-order valence-electron chi connectivity index (χ0n) is 11.4. The number of amides is 2. The van der Waals surface area contributed by atoms with Gasteiger partial charge in [0.2, 0.25) is 11.8 Å². The van der Waals surface area contributed by atoms with E-state index >= 15 is 0 Å². The summed E-state index contributed by atoms with van der Waals surface area (Å²) in [5, 5.41) is 8.63. The summed E-state index contributed by atoms with van der Waals surface area (Å²) in [6.07, 6.45) is 0. The third kappa shape index (κ3) is 2.76. The van der Waals surface area contributed by atoms with Crippen molar-refractivity contribution in [3.63, 3.8) is 0 Å². The molecule has 0 saturated heterocycles. The fourth-order valence-corrected chi connectivity index (χ4v) is 2.20. The van der Waals surface area contributed by atoms with Crippen LogP contribution in [0.1, 0.15) is 31.0 Å². The molecule has 5 heteroatoms. The highest BCUT2D eigenvalue weighted by molar-refractivity contribution is 6.03. The molecule has 5 nitrogen and oxygen atoms in total. The Morgan fingerprint density at radius 3 is 2.89 bits per heavy atom. The van der Waals surface area contributed by atoms with Gasteiger partial charge in [-0.3, -0.25) is 14.9 Å². The van der Waals surface area contributed by atoms with Crippen LogP contribution in [-0.2, 0) is 9.59 Å². The quantitative estimate of drug-likeness (QED) is 0.760. The number of anilines is 1. The summed E-state index contributed by atoms with van der Waals surface area (Å²) in [7, 11) is 0. The van der Waals surface area contributed by atoms with Gasteiger partial charge in [0.05, 0.1) is 6.04 Å². The highest BCUT2D eigenvalue weighted by Gasteiger charge is 2.32. The Kier molecular flexibility index (Phi) is 3.85. The van der Waals surface area contributed by atoms with E-state index in [9.17, 15) is 9.59 Å². The van der Waals surface area contributed by atoms with E-state index in [1.54, 1.807) is 6.92 Å². The van der Waals surface area contributed by atoms with Crippen molar-refractivity contribution in [2.24, 2.45) is 0 Å². The molecular formula is C14H19N3O2. The van der Waals surface area contributed by atoms with E-state index in [-0.39, 0.29) is 11.8 Å². The third-order valence-electron chi connectivity index (χ3n) is 3.20. The Morgan fingerprint density at radius 1 is 1.47 bits per heavy atom. The lowest BCUT2D eigenvalue weighted by molar-refractivity contribution is -0.123. The summed E-state index contributed by atoms with van der Waals surface area (Å²) in [6.45, 7) is 6.18. The van der Waals surface area contributed by atoms with E-state index in [4.69, 9.17) is 0 Å². The Labute approximate surface area is 112 Å². The van der Waals surface area contributed by atoms with Gasteiger partial charge in [0, 0.05) is 17.8 Å². The molecule has 1 aliphatic rings. The maximum absolute atomic E-state index is 12.0. The Balaban J connectivity index is 2.16. The number of rotatable bonds is 4. The highest BCUT2D eigenvalue weighted by Crippen LogP contribution is 2.31. The van der Waals surface area contributed by atoms with Crippen LogP contribution in [0.25, 0.3) is 0 Å². The predicted molar refractivity (Wildman–Crippen MR) is 73.8 cm³/mol. The van der Waals surface area contributed by atoms with Gasteiger partial charge in [-0.05, 0) is 26.8 Å². The van der Waals surface area contributed by atoms with Crippen LogP contribution in [0.2, 0.25) is 0 Å². The molecule has 2 rings (SSSR count).